The number of carbonyl (C=O) groups excluding carboxylic acids is 1. The molecule has 5 nitrogen and oxygen atoms in total. The molecule has 1 N–H and O–H groups in total. The number of anilines is 2. The van der Waals surface area contributed by atoms with Gasteiger partial charge in [0.1, 0.15) is 4.88 Å². The van der Waals surface area contributed by atoms with Crippen molar-refractivity contribution in [1.29, 1.82) is 0 Å². The van der Waals surface area contributed by atoms with Crippen LogP contribution in [0.5, 0.6) is 0 Å². The molecule has 2 heterocycles. The first-order valence-corrected chi connectivity index (χ1v) is 8.19. The molecule has 22 heavy (non-hydrogen) atoms. The molecule has 1 aliphatic heterocycles. The van der Waals surface area contributed by atoms with E-state index >= 15 is 0 Å². The van der Waals surface area contributed by atoms with E-state index in [-0.39, 0.29) is 5.91 Å². The summed E-state index contributed by atoms with van der Waals surface area (Å²) in [5.41, 5.74) is 4.40. The Balaban J connectivity index is 1.69. The molecule has 0 spiro atoms. The minimum atomic E-state index is -0.104. The smallest absolute Gasteiger partial charge is 0.267 e. The van der Waals surface area contributed by atoms with E-state index in [0.717, 1.165) is 36.8 Å². The van der Waals surface area contributed by atoms with Gasteiger partial charge in [-0.15, -0.1) is 11.3 Å². The minimum absolute atomic E-state index is 0.104. The molecule has 1 atom stereocenters. The van der Waals surface area contributed by atoms with Gasteiger partial charge in [0.2, 0.25) is 0 Å². The molecule has 1 aliphatic rings. The van der Waals surface area contributed by atoms with Crippen LogP contribution in [0.25, 0.3) is 0 Å². The van der Waals surface area contributed by atoms with Crippen molar-refractivity contribution in [3.05, 3.63) is 40.3 Å². The van der Waals surface area contributed by atoms with E-state index in [9.17, 15) is 4.79 Å². The number of thiazole rings is 1. The van der Waals surface area contributed by atoms with Gasteiger partial charge in [-0.25, -0.2) is 4.98 Å². The number of aryl methyl sites for hydroxylation is 1. The number of rotatable bonds is 3. The first-order valence-electron chi connectivity index (χ1n) is 7.31. The Hall–Kier alpha value is -1.92. The van der Waals surface area contributed by atoms with Crippen LogP contribution in [0.2, 0.25) is 0 Å². The summed E-state index contributed by atoms with van der Waals surface area (Å²) in [6.07, 6.45) is 0. The lowest BCUT2D eigenvalue weighted by Crippen LogP contribution is -2.43. The molecule has 1 fully saturated rings. The Labute approximate surface area is 133 Å². The summed E-state index contributed by atoms with van der Waals surface area (Å²) in [5.74, 6) is -0.104. The highest BCUT2D eigenvalue weighted by atomic mass is 32.1. The SMILES string of the molecule is Cc1ncsc1C(=O)Nc1ccc(N2CCOCC2C)cc1. The lowest BCUT2D eigenvalue weighted by Gasteiger charge is -2.35. The summed E-state index contributed by atoms with van der Waals surface area (Å²) in [6, 6.07) is 8.32. The maximum atomic E-state index is 12.2. The van der Waals surface area contributed by atoms with Gasteiger partial charge in [-0.1, -0.05) is 0 Å². The molecule has 116 valence electrons. The normalized spacial score (nSPS) is 18.3. The second-order valence-corrected chi connectivity index (χ2v) is 6.24. The van der Waals surface area contributed by atoms with Gasteiger partial charge >= 0.3 is 0 Å². The minimum Gasteiger partial charge on any atom is -0.377 e. The summed E-state index contributed by atoms with van der Waals surface area (Å²) in [5, 5.41) is 2.91. The number of nitrogens with one attached hydrogen (secondary N) is 1. The number of aromatic nitrogens is 1. The van der Waals surface area contributed by atoms with Crippen LogP contribution in [0.3, 0.4) is 0 Å². The van der Waals surface area contributed by atoms with Gasteiger partial charge in [0.15, 0.2) is 0 Å². The zero-order valence-corrected chi connectivity index (χ0v) is 13.5. The maximum absolute atomic E-state index is 12.2. The fourth-order valence-electron chi connectivity index (χ4n) is 2.55. The van der Waals surface area contributed by atoms with E-state index in [0.29, 0.717) is 10.9 Å². The molecule has 1 saturated heterocycles. The van der Waals surface area contributed by atoms with Crippen molar-refractivity contribution < 1.29 is 9.53 Å². The molecule has 0 bridgehead atoms. The van der Waals surface area contributed by atoms with E-state index in [4.69, 9.17) is 4.74 Å². The summed E-state index contributed by atoms with van der Waals surface area (Å²) < 4.78 is 5.46. The third-order valence-corrected chi connectivity index (χ3v) is 4.70. The molecule has 1 aromatic carbocycles. The van der Waals surface area contributed by atoms with Gasteiger partial charge in [-0.05, 0) is 38.1 Å². The molecule has 0 saturated carbocycles. The average molecular weight is 317 g/mol. The Morgan fingerprint density at radius 1 is 1.41 bits per heavy atom. The molecular weight excluding hydrogens is 298 g/mol. The van der Waals surface area contributed by atoms with Gasteiger partial charge in [0.05, 0.1) is 24.4 Å². The quantitative estimate of drug-likeness (QED) is 0.945. The number of amides is 1. The molecule has 0 radical (unpaired) electrons. The molecule has 1 aromatic heterocycles. The number of ether oxygens (including phenoxy) is 1. The Kier molecular flexibility index (Phi) is 4.40. The van der Waals surface area contributed by atoms with Crippen LogP contribution in [-0.4, -0.2) is 36.7 Å². The molecule has 2 aromatic rings. The van der Waals surface area contributed by atoms with E-state index in [1.54, 1.807) is 5.51 Å². The molecule has 6 heteroatoms. The van der Waals surface area contributed by atoms with Crippen molar-refractivity contribution in [1.82, 2.24) is 4.98 Å². The summed E-state index contributed by atoms with van der Waals surface area (Å²) in [6.45, 7) is 6.40. The van der Waals surface area contributed by atoms with Gasteiger partial charge in [0, 0.05) is 24.0 Å². The highest BCUT2D eigenvalue weighted by molar-refractivity contribution is 7.12. The van der Waals surface area contributed by atoms with Crippen LogP contribution >= 0.6 is 11.3 Å². The fraction of sp³-hybridized carbons (Fsp3) is 0.375. The fourth-order valence-corrected chi connectivity index (χ4v) is 3.25. The molecular formula is C16H19N3O2S. The van der Waals surface area contributed by atoms with Crippen molar-refractivity contribution >= 4 is 28.6 Å². The number of carbonyl (C=O) groups is 1. The van der Waals surface area contributed by atoms with Gasteiger partial charge in [-0.3, -0.25) is 4.79 Å². The van der Waals surface area contributed by atoms with Gasteiger partial charge in [-0.2, -0.15) is 0 Å². The maximum Gasteiger partial charge on any atom is 0.267 e. The zero-order chi connectivity index (χ0) is 15.5. The second kappa shape index (κ2) is 6.46. The molecule has 3 rings (SSSR count). The second-order valence-electron chi connectivity index (χ2n) is 5.39. The summed E-state index contributed by atoms with van der Waals surface area (Å²) in [7, 11) is 0. The van der Waals surface area contributed by atoms with Crippen LogP contribution in [-0.2, 0) is 4.74 Å². The topological polar surface area (TPSA) is 54.5 Å². The molecule has 1 amide bonds. The van der Waals surface area contributed by atoms with Crippen molar-refractivity contribution in [2.45, 2.75) is 19.9 Å². The van der Waals surface area contributed by atoms with Crippen LogP contribution in [0.15, 0.2) is 29.8 Å². The predicted octanol–water partition coefficient (Wildman–Crippen LogP) is 2.93. The number of hydrogen-bond donors (Lipinski definition) is 1. The first kappa shape index (κ1) is 15.0. The largest absolute Gasteiger partial charge is 0.377 e. The monoisotopic (exact) mass is 317 g/mol. The molecule has 1 unspecified atom stereocenters. The lowest BCUT2D eigenvalue weighted by atomic mass is 10.2. The van der Waals surface area contributed by atoms with E-state index in [1.807, 2.05) is 31.2 Å². The van der Waals surface area contributed by atoms with Crippen molar-refractivity contribution in [3.63, 3.8) is 0 Å². The van der Waals surface area contributed by atoms with Crippen molar-refractivity contribution in [3.8, 4) is 0 Å². The highest BCUT2D eigenvalue weighted by Gasteiger charge is 2.19. The highest BCUT2D eigenvalue weighted by Crippen LogP contribution is 2.22. The number of morpholine rings is 1. The van der Waals surface area contributed by atoms with Crippen LogP contribution in [0.1, 0.15) is 22.3 Å². The molecule has 0 aliphatic carbocycles. The van der Waals surface area contributed by atoms with Crippen molar-refractivity contribution in [2.75, 3.05) is 30.0 Å². The van der Waals surface area contributed by atoms with Crippen LogP contribution < -0.4 is 10.2 Å². The van der Waals surface area contributed by atoms with Crippen LogP contribution in [0, 0.1) is 6.92 Å². The summed E-state index contributed by atoms with van der Waals surface area (Å²) in [4.78, 5) is 19.2. The Morgan fingerprint density at radius 2 is 2.18 bits per heavy atom. The Morgan fingerprint density at radius 3 is 2.82 bits per heavy atom. The van der Waals surface area contributed by atoms with Gasteiger partial charge < -0.3 is 15.0 Å². The third-order valence-electron chi connectivity index (χ3n) is 3.78. The predicted molar refractivity (Wildman–Crippen MR) is 88.9 cm³/mol. The average Bonchev–Trinajstić information content (AvgIpc) is 2.95. The third kappa shape index (κ3) is 3.13. The van der Waals surface area contributed by atoms with Crippen molar-refractivity contribution in [2.24, 2.45) is 0 Å². The van der Waals surface area contributed by atoms with E-state index < -0.39 is 0 Å². The van der Waals surface area contributed by atoms with Crippen LogP contribution in [0.4, 0.5) is 11.4 Å². The van der Waals surface area contributed by atoms with E-state index in [2.05, 4.69) is 22.1 Å². The Bertz CT molecular complexity index is 654. The van der Waals surface area contributed by atoms with Gasteiger partial charge in [0.25, 0.3) is 5.91 Å². The number of benzene rings is 1. The number of hydrogen-bond acceptors (Lipinski definition) is 5. The lowest BCUT2D eigenvalue weighted by molar-refractivity contribution is 0.0989. The zero-order valence-electron chi connectivity index (χ0n) is 12.7. The standard InChI is InChI=1S/C16H19N3O2S/c1-11-9-21-8-7-19(11)14-5-3-13(4-6-14)18-16(20)15-12(2)17-10-22-15/h3-6,10-11H,7-9H2,1-2H3,(H,18,20). The van der Waals surface area contributed by atoms with E-state index in [1.165, 1.54) is 11.3 Å². The summed E-state index contributed by atoms with van der Waals surface area (Å²) >= 11 is 1.36. The first-order chi connectivity index (χ1) is 10.6. The number of nitrogens with zero attached hydrogens (tertiary/aromatic N) is 2.